The molecule has 1 saturated heterocycles. The molecule has 0 unspecified atom stereocenters. The first-order chi connectivity index (χ1) is 11.6. The second kappa shape index (κ2) is 6.92. The van der Waals surface area contributed by atoms with E-state index in [1.54, 1.807) is 0 Å². The molecule has 2 heterocycles. The van der Waals surface area contributed by atoms with Gasteiger partial charge >= 0.3 is 0 Å². The van der Waals surface area contributed by atoms with E-state index in [1.165, 1.54) is 0 Å². The topological polar surface area (TPSA) is 98.5 Å². The van der Waals surface area contributed by atoms with Gasteiger partial charge in [-0.25, -0.2) is 4.98 Å². The van der Waals surface area contributed by atoms with E-state index in [0.29, 0.717) is 23.6 Å². The summed E-state index contributed by atoms with van der Waals surface area (Å²) in [6, 6.07) is 7.87. The van der Waals surface area contributed by atoms with Gasteiger partial charge in [-0.1, -0.05) is 0 Å². The number of hydrogen-bond donors (Lipinski definition) is 3. The Balaban J connectivity index is 1.70. The molecule has 2 aromatic rings. The van der Waals surface area contributed by atoms with Gasteiger partial charge in [-0.05, 0) is 31.2 Å². The molecule has 4 N–H and O–H groups in total. The second-order valence-electron chi connectivity index (χ2n) is 5.99. The Labute approximate surface area is 140 Å². The van der Waals surface area contributed by atoms with Gasteiger partial charge in [0.05, 0.1) is 5.69 Å². The molecular weight excluding hydrogens is 306 g/mol. The van der Waals surface area contributed by atoms with Gasteiger partial charge in [0.25, 0.3) is 5.56 Å². The molecule has 0 aliphatic carbocycles. The van der Waals surface area contributed by atoms with Gasteiger partial charge in [-0.15, -0.1) is 0 Å². The van der Waals surface area contributed by atoms with E-state index in [4.69, 9.17) is 10.8 Å². The van der Waals surface area contributed by atoms with Crippen LogP contribution in [0.3, 0.4) is 0 Å². The highest BCUT2D eigenvalue weighted by molar-refractivity contribution is 5.54. The zero-order valence-corrected chi connectivity index (χ0v) is 13.8. The molecule has 7 nitrogen and oxygen atoms in total. The molecule has 128 valence electrons. The number of hydrogen-bond acceptors (Lipinski definition) is 6. The van der Waals surface area contributed by atoms with Gasteiger partial charge in [-0.2, -0.15) is 0 Å². The number of aromatic nitrogens is 2. The minimum atomic E-state index is -0.160. The number of nitrogens with two attached hydrogens (primary N) is 1. The molecule has 1 fully saturated rings. The average molecular weight is 329 g/mol. The van der Waals surface area contributed by atoms with Crippen LogP contribution in [0.5, 0.6) is 0 Å². The van der Waals surface area contributed by atoms with Crippen LogP contribution in [-0.4, -0.2) is 47.9 Å². The van der Waals surface area contributed by atoms with Gasteiger partial charge in [-0.3, -0.25) is 9.78 Å². The molecule has 0 atom stereocenters. The van der Waals surface area contributed by atoms with Crippen molar-refractivity contribution < 1.29 is 5.11 Å². The number of anilines is 3. The normalized spacial score (nSPS) is 14.9. The Hall–Kier alpha value is -2.54. The largest absolute Gasteiger partial charge is 0.399 e. The molecule has 0 amide bonds. The number of nitrogens with one attached hydrogen (secondary N) is 1. The highest BCUT2D eigenvalue weighted by Crippen LogP contribution is 2.19. The van der Waals surface area contributed by atoms with Crippen molar-refractivity contribution >= 4 is 17.3 Å². The molecule has 1 aromatic heterocycles. The van der Waals surface area contributed by atoms with Crippen molar-refractivity contribution in [2.75, 3.05) is 48.3 Å². The second-order valence-corrected chi connectivity index (χ2v) is 5.99. The first kappa shape index (κ1) is 16.3. The number of aliphatic hydroxyl groups is 1. The predicted octanol–water partition coefficient (Wildman–Crippen LogP) is 0.522. The maximum Gasteiger partial charge on any atom is 0.255 e. The molecule has 0 bridgehead atoms. The third kappa shape index (κ3) is 3.35. The van der Waals surface area contributed by atoms with Crippen LogP contribution in [0.1, 0.15) is 11.3 Å². The summed E-state index contributed by atoms with van der Waals surface area (Å²) < 4.78 is 0. The SMILES string of the molecule is Cc1nc(N2CCN(c3ccc(N)cc3)CC2)[nH]c(=O)c1CCO. The Kier molecular flexibility index (Phi) is 4.71. The van der Waals surface area contributed by atoms with Gasteiger partial charge in [0.2, 0.25) is 5.95 Å². The fourth-order valence-electron chi connectivity index (χ4n) is 3.01. The number of nitrogen functional groups attached to an aromatic ring is 1. The number of rotatable bonds is 4. The molecular formula is C17H23N5O2. The first-order valence-electron chi connectivity index (χ1n) is 8.14. The monoisotopic (exact) mass is 329 g/mol. The molecule has 1 aliphatic rings. The summed E-state index contributed by atoms with van der Waals surface area (Å²) in [6.07, 6.45) is 0.333. The van der Waals surface area contributed by atoms with Crippen molar-refractivity contribution in [2.24, 2.45) is 0 Å². The van der Waals surface area contributed by atoms with Crippen LogP contribution in [-0.2, 0) is 6.42 Å². The quantitative estimate of drug-likeness (QED) is 0.708. The lowest BCUT2D eigenvalue weighted by Gasteiger charge is -2.36. The van der Waals surface area contributed by atoms with Crippen molar-refractivity contribution in [1.29, 1.82) is 0 Å². The maximum atomic E-state index is 12.2. The third-order valence-electron chi connectivity index (χ3n) is 4.41. The molecule has 7 heteroatoms. The maximum absolute atomic E-state index is 12.2. The van der Waals surface area contributed by atoms with Crippen molar-refractivity contribution in [3.63, 3.8) is 0 Å². The molecule has 0 saturated carbocycles. The lowest BCUT2D eigenvalue weighted by atomic mass is 10.2. The molecule has 24 heavy (non-hydrogen) atoms. The highest BCUT2D eigenvalue weighted by Gasteiger charge is 2.20. The lowest BCUT2D eigenvalue weighted by Crippen LogP contribution is -2.47. The summed E-state index contributed by atoms with van der Waals surface area (Å²) in [7, 11) is 0. The Morgan fingerprint density at radius 1 is 1.17 bits per heavy atom. The number of aliphatic hydroxyl groups excluding tert-OH is 1. The van der Waals surface area contributed by atoms with Crippen LogP contribution in [0.2, 0.25) is 0 Å². The molecule has 1 aliphatic heterocycles. The Bertz CT molecular complexity index is 749. The number of aryl methyl sites for hydroxylation is 1. The third-order valence-corrected chi connectivity index (χ3v) is 4.41. The Morgan fingerprint density at radius 3 is 2.38 bits per heavy atom. The van der Waals surface area contributed by atoms with Crippen LogP contribution < -0.4 is 21.1 Å². The van der Waals surface area contributed by atoms with Crippen LogP contribution >= 0.6 is 0 Å². The van der Waals surface area contributed by atoms with Crippen molar-refractivity contribution in [3.05, 3.63) is 45.9 Å². The van der Waals surface area contributed by atoms with Gasteiger partial charge in [0.15, 0.2) is 0 Å². The van der Waals surface area contributed by atoms with Gasteiger partial charge in [0.1, 0.15) is 0 Å². The molecule has 0 radical (unpaired) electrons. The van der Waals surface area contributed by atoms with E-state index in [-0.39, 0.29) is 12.2 Å². The summed E-state index contributed by atoms with van der Waals surface area (Å²) >= 11 is 0. The zero-order valence-electron chi connectivity index (χ0n) is 13.8. The van der Waals surface area contributed by atoms with E-state index >= 15 is 0 Å². The summed E-state index contributed by atoms with van der Waals surface area (Å²) in [4.78, 5) is 23.9. The Morgan fingerprint density at radius 2 is 1.79 bits per heavy atom. The first-order valence-corrected chi connectivity index (χ1v) is 8.14. The van der Waals surface area contributed by atoms with Crippen LogP contribution in [0, 0.1) is 6.92 Å². The lowest BCUT2D eigenvalue weighted by molar-refractivity contribution is 0.298. The summed E-state index contributed by atoms with van der Waals surface area (Å²) in [5.41, 5.74) is 8.73. The van der Waals surface area contributed by atoms with E-state index in [1.807, 2.05) is 31.2 Å². The van der Waals surface area contributed by atoms with E-state index in [9.17, 15) is 4.79 Å². The smallest absolute Gasteiger partial charge is 0.255 e. The summed E-state index contributed by atoms with van der Waals surface area (Å²) in [6.45, 7) is 5.04. The van der Waals surface area contributed by atoms with E-state index in [0.717, 1.165) is 37.6 Å². The molecule has 3 rings (SSSR count). The van der Waals surface area contributed by atoms with Crippen LogP contribution in [0.15, 0.2) is 29.1 Å². The van der Waals surface area contributed by atoms with E-state index < -0.39 is 0 Å². The van der Waals surface area contributed by atoms with Gasteiger partial charge < -0.3 is 20.6 Å². The highest BCUT2D eigenvalue weighted by atomic mass is 16.3. The average Bonchev–Trinajstić information content (AvgIpc) is 2.59. The van der Waals surface area contributed by atoms with E-state index in [2.05, 4.69) is 19.8 Å². The zero-order chi connectivity index (χ0) is 17.1. The number of H-pyrrole nitrogens is 1. The minimum absolute atomic E-state index is 0.0504. The molecule has 0 spiro atoms. The number of aromatic amines is 1. The van der Waals surface area contributed by atoms with Gasteiger partial charge in [0, 0.05) is 56.1 Å². The minimum Gasteiger partial charge on any atom is -0.399 e. The van der Waals surface area contributed by atoms with Crippen LogP contribution in [0.4, 0.5) is 17.3 Å². The molecule has 1 aromatic carbocycles. The number of nitrogens with zero attached hydrogens (tertiary/aromatic N) is 3. The standard InChI is InChI=1S/C17H23N5O2/c1-12-15(6-11-23)16(24)20-17(19-12)22-9-7-21(8-10-22)14-4-2-13(18)3-5-14/h2-5,23H,6-11,18H2,1H3,(H,19,20,24). The van der Waals surface area contributed by atoms with Crippen molar-refractivity contribution in [1.82, 2.24) is 9.97 Å². The number of piperazine rings is 1. The number of benzene rings is 1. The summed E-state index contributed by atoms with van der Waals surface area (Å²) in [5.74, 6) is 0.608. The predicted molar refractivity (Wildman–Crippen MR) is 95.7 cm³/mol. The fourth-order valence-corrected chi connectivity index (χ4v) is 3.01. The summed E-state index contributed by atoms with van der Waals surface area (Å²) in [5, 5.41) is 9.04. The van der Waals surface area contributed by atoms with Crippen molar-refractivity contribution in [3.8, 4) is 0 Å². The van der Waals surface area contributed by atoms with Crippen LogP contribution in [0.25, 0.3) is 0 Å². The van der Waals surface area contributed by atoms with Crippen molar-refractivity contribution in [2.45, 2.75) is 13.3 Å². The fraction of sp³-hybridized carbons (Fsp3) is 0.412.